The van der Waals surface area contributed by atoms with E-state index in [-0.39, 0.29) is 5.97 Å². The third-order valence-corrected chi connectivity index (χ3v) is 8.64. The number of hydrogen-bond donors (Lipinski definition) is 0. The Morgan fingerprint density at radius 1 is 0.628 bits per heavy atom. The van der Waals surface area contributed by atoms with Crippen molar-refractivity contribution >= 4 is 17.3 Å². The van der Waals surface area contributed by atoms with Gasteiger partial charge >= 0.3 is 5.97 Å². The van der Waals surface area contributed by atoms with Gasteiger partial charge in [-0.3, -0.25) is 0 Å². The molecule has 0 bridgehead atoms. The van der Waals surface area contributed by atoms with Crippen molar-refractivity contribution in [2.24, 2.45) is 0 Å². The minimum atomic E-state index is -1.09. The van der Waals surface area contributed by atoms with Crippen molar-refractivity contribution in [1.29, 1.82) is 0 Å². The SMILES string of the molecule is CCN(CC)c1ccccc1CN(Cc1ccccc1)c1ccc2c(c1)C1(OC(=O)c3ccccc31)c1ccccc1O2. The molecule has 7 rings (SSSR count). The highest BCUT2D eigenvalue weighted by molar-refractivity contribution is 5.97. The third-order valence-electron chi connectivity index (χ3n) is 8.64. The summed E-state index contributed by atoms with van der Waals surface area (Å²) in [5.41, 5.74) is 6.75. The maximum atomic E-state index is 13.3. The average Bonchev–Trinajstić information content (AvgIpc) is 3.35. The lowest BCUT2D eigenvalue weighted by atomic mass is 9.77. The molecule has 0 saturated carbocycles. The van der Waals surface area contributed by atoms with Crippen LogP contribution >= 0.6 is 0 Å². The van der Waals surface area contributed by atoms with Crippen LogP contribution in [0, 0.1) is 0 Å². The van der Waals surface area contributed by atoms with E-state index in [1.807, 2.05) is 60.7 Å². The molecule has 0 amide bonds. The minimum Gasteiger partial charge on any atom is -0.456 e. The van der Waals surface area contributed by atoms with E-state index in [0.717, 1.165) is 35.5 Å². The first kappa shape index (κ1) is 26.8. The lowest BCUT2D eigenvalue weighted by molar-refractivity contribution is 0.0224. The fraction of sp³-hybridized carbons (Fsp3) is 0.184. The molecule has 0 N–H and O–H groups in total. The number of anilines is 2. The second-order valence-electron chi connectivity index (χ2n) is 11.0. The zero-order valence-corrected chi connectivity index (χ0v) is 24.5. The molecule has 0 radical (unpaired) electrons. The molecule has 0 aliphatic carbocycles. The average molecular weight is 567 g/mol. The van der Waals surface area contributed by atoms with Crippen molar-refractivity contribution in [1.82, 2.24) is 0 Å². The highest BCUT2D eigenvalue weighted by Crippen LogP contribution is 2.56. The fourth-order valence-electron chi connectivity index (χ4n) is 6.57. The molecule has 5 heteroatoms. The number of carbonyl (C=O) groups is 1. The summed E-state index contributed by atoms with van der Waals surface area (Å²) in [6.07, 6.45) is 0. The Morgan fingerprint density at radius 2 is 1.30 bits per heavy atom. The summed E-state index contributed by atoms with van der Waals surface area (Å²) in [7, 11) is 0. The van der Waals surface area contributed by atoms with Gasteiger partial charge in [0, 0.05) is 54.2 Å². The van der Waals surface area contributed by atoms with Gasteiger partial charge in [-0.05, 0) is 61.4 Å². The van der Waals surface area contributed by atoms with Crippen LogP contribution in [0.25, 0.3) is 0 Å². The highest BCUT2D eigenvalue weighted by atomic mass is 16.6. The molecular weight excluding hydrogens is 532 g/mol. The normalized spacial score (nSPS) is 16.1. The quantitative estimate of drug-likeness (QED) is 0.177. The van der Waals surface area contributed by atoms with Crippen LogP contribution in [0.15, 0.2) is 121 Å². The summed E-state index contributed by atoms with van der Waals surface area (Å²) < 4.78 is 12.9. The van der Waals surface area contributed by atoms with Gasteiger partial charge in [0.2, 0.25) is 0 Å². The van der Waals surface area contributed by atoms with E-state index in [1.54, 1.807) is 0 Å². The van der Waals surface area contributed by atoms with Gasteiger partial charge in [0.1, 0.15) is 11.5 Å². The maximum Gasteiger partial charge on any atom is 0.340 e. The van der Waals surface area contributed by atoms with E-state index < -0.39 is 5.60 Å². The van der Waals surface area contributed by atoms with E-state index in [0.29, 0.717) is 30.2 Å². The number of esters is 1. The smallest absolute Gasteiger partial charge is 0.340 e. The molecule has 0 aromatic heterocycles. The molecule has 214 valence electrons. The fourth-order valence-corrected chi connectivity index (χ4v) is 6.57. The molecule has 1 atom stereocenters. The predicted molar refractivity (Wildman–Crippen MR) is 171 cm³/mol. The summed E-state index contributed by atoms with van der Waals surface area (Å²) in [6, 6.07) is 41.1. The second kappa shape index (κ2) is 11.0. The molecule has 0 saturated heterocycles. The molecule has 2 aliphatic heterocycles. The van der Waals surface area contributed by atoms with Crippen LogP contribution < -0.4 is 14.5 Å². The van der Waals surface area contributed by atoms with E-state index in [1.165, 1.54) is 16.8 Å². The number of ether oxygens (including phenoxy) is 2. The summed E-state index contributed by atoms with van der Waals surface area (Å²) in [6.45, 7) is 7.70. The summed E-state index contributed by atoms with van der Waals surface area (Å²) >= 11 is 0. The number of para-hydroxylation sites is 2. The molecule has 0 fully saturated rings. The van der Waals surface area contributed by atoms with Crippen molar-refractivity contribution in [3.63, 3.8) is 0 Å². The molecule has 1 spiro atoms. The number of nitrogens with zero attached hydrogens (tertiary/aromatic N) is 2. The van der Waals surface area contributed by atoms with Gasteiger partial charge in [0.15, 0.2) is 5.60 Å². The number of hydrogen-bond acceptors (Lipinski definition) is 5. The predicted octanol–water partition coefficient (Wildman–Crippen LogP) is 8.31. The van der Waals surface area contributed by atoms with E-state index in [2.05, 4.69) is 84.3 Å². The second-order valence-corrected chi connectivity index (χ2v) is 11.0. The van der Waals surface area contributed by atoms with Crippen molar-refractivity contribution in [2.75, 3.05) is 22.9 Å². The Kier molecular flexibility index (Phi) is 6.86. The standard InChI is InChI=1S/C38H34N2O3/c1-3-39(4-2)34-20-12-8-16-28(34)26-40(25-27-14-6-5-7-15-27)29-22-23-36-33(24-29)38(32-19-11-13-21-35(32)42-36)31-18-10-9-17-30(31)37(41)43-38/h5-24H,3-4,25-26H2,1-2H3. The first-order valence-electron chi connectivity index (χ1n) is 15.0. The molecule has 5 aromatic rings. The van der Waals surface area contributed by atoms with Gasteiger partial charge in [-0.2, -0.15) is 0 Å². The van der Waals surface area contributed by atoms with Gasteiger partial charge in [-0.1, -0.05) is 84.9 Å². The van der Waals surface area contributed by atoms with Crippen molar-refractivity contribution in [3.05, 3.63) is 155 Å². The lowest BCUT2D eigenvalue weighted by Gasteiger charge is -2.37. The van der Waals surface area contributed by atoms with Gasteiger partial charge in [0.25, 0.3) is 0 Å². The summed E-state index contributed by atoms with van der Waals surface area (Å²) in [5, 5.41) is 0. The minimum absolute atomic E-state index is 0.321. The van der Waals surface area contributed by atoms with Gasteiger partial charge in [0.05, 0.1) is 5.56 Å². The van der Waals surface area contributed by atoms with E-state index in [9.17, 15) is 4.79 Å². The Bertz CT molecular complexity index is 1800. The van der Waals surface area contributed by atoms with Gasteiger partial charge in [-0.15, -0.1) is 0 Å². The van der Waals surface area contributed by atoms with Crippen LogP contribution in [0.2, 0.25) is 0 Å². The molecule has 1 unspecified atom stereocenters. The lowest BCUT2D eigenvalue weighted by Crippen LogP contribution is -2.33. The van der Waals surface area contributed by atoms with Crippen LogP contribution in [-0.4, -0.2) is 19.1 Å². The highest BCUT2D eigenvalue weighted by Gasteiger charge is 2.53. The van der Waals surface area contributed by atoms with Gasteiger partial charge < -0.3 is 19.3 Å². The molecule has 2 heterocycles. The van der Waals surface area contributed by atoms with Crippen LogP contribution in [0.4, 0.5) is 11.4 Å². The Morgan fingerprint density at radius 3 is 2.12 bits per heavy atom. The maximum absolute atomic E-state index is 13.3. The Labute approximate surface area is 252 Å². The van der Waals surface area contributed by atoms with Crippen molar-refractivity contribution in [2.45, 2.75) is 32.5 Å². The van der Waals surface area contributed by atoms with E-state index in [4.69, 9.17) is 9.47 Å². The Balaban J connectivity index is 1.39. The number of rotatable bonds is 8. The number of fused-ring (bicyclic) bond motifs is 6. The van der Waals surface area contributed by atoms with Gasteiger partial charge in [-0.25, -0.2) is 4.79 Å². The van der Waals surface area contributed by atoms with Crippen LogP contribution in [0.5, 0.6) is 11.5 Å². The first-order chi connectivity index (χ1) is 21.1. The molecule has 5 nitrogen and oxygen atoms in total. The number of carbonyl (C=O) groups excluding carboxylic acids is 1. The molecular formula is C38H34N2O3. The third kappa shape index (κ3) is 4.52. The zero-order chi connectivity index (χ0) is 29.4. The van der Waals surface area contributed by atoms with Crippen molar-refractivity contribution in [3.8, 4) is 11.5 Å². The zero-order valence-electron chi connectivity index (χ0n) is 24.5. The van der Waals surface area contributed by atoms with Crippen molar-refractivity contribution < 1.29 is 14.3 Å². The first-order valence-corrected chi connectivity index (χ1v) is 15.0. The van der Waals surface area contributed by atoms with Crippen LogP contribution in [0.1, 0.15) is 52.0 Å². The molecule has 43 heavy (non-hydrogen) atoms. The van der Waals surface area contributed by atoms with Crippen LogP contribution in [-0.2, 0) is 23.4 Å². The largest absolute Gasteiger partial charge is 0.456 e. The summed E-state index contributed by atoms with van der Waals surface area (Å²) in [5.74, 6) is 1.06. The topological polar surface area (TPSA) is 42.0 Å². The molecule has 5 aromatic carbocycles. The molecule has 2 aliphatic rings. The Hall–Kier alpha value is -5.03. The number of benzene rings is 5. The van der Waals surface area contributed by atoms with Crippen LogP contribution in [0.3, 0.4) is 0 Å². The monoisotopic (exact) mass is 566 g/mol. The summed E-state index contributed by atoms with van der Waals surface area (Å²) in [4.78, 5) is 18.1. The van der Waals surface area contributed by atoms with E-state index >= 15 is 0 Å².